The summed E-state index contributed by atoms with van der Waals surface area (Å²) in [6, 6.07) is 1.91. The zero-order chi connectivity index (χ0) is 12.0. The first-order valence-electron chi connectivity index (χ1n) is 5.68. The molecule has 1 rings (SSSR count). The Morgan fingerprint density at radius 1 is 1.50 bits per heavy atom. The van der Waals surface area contributed by atoms with Crippen LogP contribution >= 0.6 is 0 Å². The molecule has 16 heavy (non-hydrogen) atoms. The molecule has 1 heterocycles. The molecule has 90 valence electrons. The Morgan fingerprint density at radius 3 is 2.94 bits per heavy atom. The molecule has 4 nitrogen and oxygen atoms in total. The summed E-state index contributed by atoms with van der Waals surface area (Å²) in [5.74, 6) is 0.768. The summed E-state index contributed by atoms with van der Waals surface area (Å²) in [5, 5.41) is 3.21. The summed E-state index contributed by atoms with van der Waals surface area (Å²) in [7, 11) is 0. The molecule has 0 saturated carbocycles. The van der Waals surface area contributed by atoms with Gasteiger partial charge < -0.3 is 15.8 Å². The molecule has 1 aromatic rings. The fraction of sp³-hybridized carbons (Fsp3) is 0.583. The van der Waals surface area contributed by atoms with Crippen LogP contribution in [0.4, 0.5) is 11.5 Å². The smallest absolute Gasteiger partial charge is 0.149 e. The van der Waals surface area contributed by atoms with Gasteiger partial charge in [0.15, 0.2) is 0 Å². The van der Waals surface area contributed by atoms with Crippen molar-refractivity contribution in [3.05, 3.63) is 17.8 Å². The standard InChI is InChI=1S/C12H21N3O/c1-9(2)16-8-4-6-14-12-11(13)10(3)5-7-15-12/h5,7,9H,4,6,8,13H2,1-3H3,(H,14,15). The highest BCUT2D eigenvalue weighted by molar-refractivity contribution is 5.64. The number of nitrogen functional groups attached to an aromatic ring is 1. The van der Waals surface area contributed by atoms with Gasteiger partial charge in [-0.3, -0.25) is 0 Å². The molecule has 0 aromatic carbocycles. The molecule has 0 radical (unpaired) electrons. The van der Waals surface area contributed by atoms with Gasteiger partial charge in [-0.05, 0) is 38.8 Å². The highest BCUT2D eigenvalue weighted by Crippen LogP contribution is 2.18. The largest absolute Gasteiger partial charge is 0.396 e. The minimum absolute atomic E-state index is 0.294. The van der Waals surface area contributed by atoms with E-state index in [1.165, 1.54) is 0 Å². The molecule has 0 bridgehead atoms. The van der Waals surface area contributed by atoms with Crippen LogP contribution in [0.1, 0.15) is 25.8 Å². The van der Waals surface area contributed by atoms with Crippen LogP contribution in [0.3, 0.4) is 0 Å². The van der Waals surface area contributed by atoms with Crippen molar-refractivity contribution in [3.63, 3.8) is 0 Å². The Kier molecular flexibility index (Phi) is 5.05. The van der Waals surface area contributed by atoms with E-state index in [-0.39, 0.29) is 0 Å². The van der Waals surface area contributed by atoms with E-state index in [4.69, 9.17) is 10.5 Å². The van der Waals surface area contributed by atoms with Gasteiger partial charge in [0.05, 0.1) is 11.8 Å². The first-order chi connectivity index (χ1) is 7.61. The lowest BCUT2D eigenvalue weighted by atomic mass is 10.2. The van der Waals surface area contributed by atoms with Crippen molar-refractivity contribution in [2.24, 2.45) is 0 Å². The van der Waals surface area contributed by atoms with E-state index in [9.17, 15) is 0 Å². The molecule has 0 aliphatic rings. The third-order valence-electron chi connectivity index (χ3n) is 2.27. The summed E-state index contributed by atoms with van der Waals surface area (Å²) in [5.41, 5.74) is 7.67. The first-order valence-corrected chi connectivity index (χ1v) is 5.68. The van der Waals surface area contributed by atoms with E-state index in [0.717, 1.165) is 36.6 Å². The lowest BCUT2D eigenvalue weighted by Crippen LogP contribution is -2.11. The molecule has 0 atom stereocenters. The first kappa shape index (κ1) is 12.8. The Hall–Kier alpha value is -1.29. The summed E-state index contributed by atoms with van der Waals surface area (Å²) < 4.78 is 5.44. The number of hydrogen-bond donors (Lipinski definition) is 2. The summed E-state index contributed by atoms with van der Waals surface area (Å²) in [6.07, 6.45) is 3.01. The molecule has 0 fully saturated rings. The van der Waals surface area contributed by atoms with Gasteiger partial charge in [-0.2, -0.15) is 0 Å². The average molecular weight is 223 g/mol. The topological polar surface area (TPSA) is 60.2 Å². The molecule has 0 amide bonds. The number of nitrogens with one attached hydrogen (secondary N) is 1. The molecular formula is C12H21N3O. The Morgan fingerprint density at radius 2 is 2.25 bits per heavy atom. The number of anilines is 2. The van der Waals surface area contributed by atoms with E-state index in [0.29, 0.717) is 6.10 Å². The maximum atomic E-state index is 5.89. The number of aromatic nitrogens is 1. The highest BCUT2D eigenvalue weighted by atomic mass is 16.5. The quantitative estimate of drug-likeness (QED) is 0.726. The molecule has 3 N–H and O–H groups in total. The number of nitrogens with zero attached hydrogens (tertiary/aromatic N) is 1. The van der Waals surface area contributed by atoms with Crippen molar-refractivity contribution in [1.82, 2.24) is 4.98 Å². The third-order valence-corrected chi connectivity index (χ3v) is 2.27. The van der Waals surface area contributed by atoms with Crippen LogP contribution < -0.4 is 11.1 Å². The maximum absolute atomic E-state index is 5.89. The van der Waals surface area contributed by atoms with Gasteiger partial charge in [0.2, 0.25) is 0 Å². The molecule has 0 aliphatic heterocycles. The maximum Gasteiger partial charge on any atom is 0.149 e. The van der Waals surface area contributed by atoms with Gasteiger partial charge in [0, 0.05) is 19.3 Å². The van der Waals surface area contributed by atoms with Crippen LogP contribution in [0.25, 0.3) is 0 Å². The second-order valence-corrected chi connectivity index (χ2v) is 4.09. The summed E-state index contributed by atoms with van der Waals surface area (Å²) in [4.78, 5) is 4.19. The summed E-state index contributed by atoms with van der Waals surface area (Å²) in [6.45, 7) is 7.63. The predicted octanol–water partition coefficient (Wildman–Crippen LogP) is 2.20. The molecule has 4 heteroatoms. The van der Waals surface area contributed by atoms with Crippen molar-refractivity contribution in [2.45, 2.75) is 33.3 Å². The van der Waals surface area contributed by atoms with Gasteiger partial charge in [0.25, 0.3) is 0 Å². The third kappa shape index (κ3) is 4.06. The average Bonchev–Trinajstić information content (AvgIpc) is 2.23. The second kappa shape index (κ2) is 6.33. The predicted molar refractivity (Wildman–Crippen MR) is 67.6 cm³/mol. The highest BCUT2D eigenvalue weighted by Gasteiger charge is 2.01. The number of rotatable bonds is 6. The number of pyridine rings is 1. The lowest BCUT2D eigenvalue weighted by Gasteiger charge is -2.10. The second-order valence-electron chi connectivity index (χ2n) is 4.09. The van der Waals surface area contributed by atoms with Gasteiger partial charge in [-0.15, -0.1) is 0 Å². The fourth-order valence-corrected chi connectivity index (χ4v) is 1.31. The van der Waals surface area contributed by atoms with Gasteiger partial charge in [0.1, 0.15) is 5.82 Å². The molecule has 0 aliphatic carbocycles. The van der Waals surface area contributed by atoms with Crippen LogP contribution in [0, 0.1) is 6.92 Å². The Bertz CT molecular complexity index is 326. The minimum Gasteiger partial charge on any atom is -0.396 e. The Balaban J connectivity index is 2.29. The molecule has 0 spiro atoms. The SMILES string of the molecule is Cc1ccnc(NCCCOC(C)C)c1N. The van der Waals surface area contributed by atoms with Gasteiger partial charge in [-0.1, -0.05) is 0 Å². The number of hydrogen-bond acceptors (Lipinski definition) is 4. The zero-order valence-corrected chi connectivity index (χ0v) is 10.3. The van der Waals surface area contributed by atoms with E-state index in [1.54, 1.807) is 6.20 Å². The van der Waals surface area contributed by atoms with E-state index in [2.05, 4.69) is 10.3 Å². The minimum atomic E-state index is 0.294. The number of aryl methyl sites for hydroxylation is 1. The van der Waals surface area contributed by atoms with Crippen LogP contribution in [0.2, 0.25) is 0 Å². The van der Waals surface area contributed by atoms with E-state index in [1.807, 2.05) is 26.8 Å². The van der Waals surface area contributed by atoms with E-state index >= 15 is 0 Å². The van der Waals surface area contributed by atoms with Crippen molar-refractivity contribution in [2.75, 3.05) is 24.2 Å². The van der Waals surface area contributed by atoms with Crippen molar-refractivity contribution in [3.8, 4) is 0 Å². The molecule has 1 aromatic heterocycles. The fourth-order valence-electron chi connectivity index (χ4n) is 1.31. The normalized spacial score (nSPS) is 10.8. The van der Waals surface area contributed by atoms with Crippen molar-refractivity contribution in [1.29, 1.82) is 0 Å². The molecular weight excluding hydrogens is 202 g/mol. The summed E-state index contributed by atoms with van der Waals surface area (Å²) >= 11 is 0. The van der Waals surface area contributed by atoms with Crippen molar-refractivity contribution < 1.29 is 4.74 Å². The van der Waals surface area contributed by atoms with Crippen LogP contribution in [-0.2, 0) is 4.74 Å². The molecule has 0 unspecified atom stereocenters. The monoisotopic (exact) mass is 223 g/mol. The Labute approximate surface area is 97.2 Å². The van der Waals surface area contributed by atoms with Gasteiger partial charge >= 0.3 is 0 Å². The van der Waals surface area contributed by atoms with Crippen molar-refractivity contribution >= 4 is 11.5 Å². The van der Waals surface area contributed by atoms with Crippen LogP contribution in [-0.4, -0.2) is 24.2 Å². The zero-order valence-electron chi connectivity index (χ0n) is 10.3. The number of nitrogens with two attached hydrogens (primary N) is 1. The molecule has 0 saturated heterocycles. The van der Waals surface area contributed by atoms with Crippen LogP contribution in [0.15, 0.2) is 12.3 Å². The van der Waals surface area contributed by atoms with Crippen LogP contribution in [0.5, 0.6) is 0 Å². The van der Waals surface area contributed by atoms with E-state index < -0.39 is 0 Å². The van der Waals surface area contributed by atoms with Gasteiger partial charge in [-0.25, -0.2) is 4.98 Å². The number of ether oxygens (including phenoxy) is 1. The lowest BCUT2D eigenvalue weighted by molar-refractivity contribution is 0.0787.